The summed E-state index contributed by atoms with van der Waals surface area (Å²) < 4.78 is 0. The van der Waals surface area contributed by atoms with E-state index in [4.69, 9.17) is 0 Å². The molecule has 0 aliphatic carbocycles. The Labute approximate surface area is 112 Å². The van der Waals surface area contributed by atoms with Gasteiger partial charge in [-0.15, -0.1) is 0 Å². The number of nitrogens with one attached hydrogen (secondary N) is 1. The summed E-state index contributed by atoms with van der Waals surface area (Å²) in [5, 5.41) is 3.48. The molecule has 1 N–H and O–H groups in total. The van der Waals surface area contributed by atoms with E-state index in [-0.39, 0.29) is 0 Å². The monoisotopic (exact) mass is 248 g/mol. The van der Waals surface area contributed by atoms with Gasteiger partial charge in [0.2, 0.25) is 0 Å². The lowest BCUT2D eigenvalue weighted by atomic mass is 10.2. The molecule has 1 aromatic rings. The number of anilines is 1. The van der Waals surface area contributed by atoms with E-state index in [0.29, 0.717) is 6.04 Å². The molecule has 0 saturated carbocycles. The summed E-state index contributed by atoms with van der Waals surface area (Å²) in [6.45, 7) is 10.1. The molecule has 0 amide bonds. The molecule has 1 unspecified atom stereocenters. The molecule has 0 bridgehead atoms. The lowest BCUT2D eigenvalue weighted by molar-refractivity contribution is 0.522. The third-order valence-electron chi connectivity index (χ3n) is 3.29. The van der Waals surface area contributed by atoms with Crippen LogP contribution in [0.1, 0.15) is 40.0 Å². The number of unbranched alkanes of at least 4 members (excludes halogenated alkanes) is 1. The minimum absolute atomic E-state index is 0.600. The number of para-hydroxylation sites is 1. The van der Waals surface area contributed by atoms with Crippen molar-refractivity contribution in [2.24, 2.45) is 0 Å². The van der Waals surface area contributed by atoms with Gasteiger partial charge >= 0.3 is 0 Å². The zero-order valence-corrected chi connectivity index (χ0v) is 12.2. The quantitative estimate of drug-likeness (QED) is 0.717. The number of nitrogens with zero attached hydrogens (tertiary/aromatic N) is 1. The van der Waals surface area contributed by atoms with Gasteiger partial charge in [-0.25, -0.2) is 0 Å². The normalized spacial score (nSPS) is 12.4. The Balaban J connectivity index is 2.51. The van der Waals surface area contributed by atoms with Crippen molar-refractivity contribution in [2.75, 3.05) is 24.5 Å². The van der Waals surface area contributed by atoms with Crippen molar-refractivity contribution in [3.8, 4) is 0 Å². The predicted molar refractivity (Wildman–Crippen MR) is 81.3 cm³/mol. The van der Waals surface area contributed by atoms with E-state index < -0.39 is 0 Å². The van der Waals surface area contributed by atoms with Crippen LogP contribution in [-0.2, 0) is 0 Å². The zero-order valence-electron chi connectivity index (χ0n) is 12.2. The smallest absolute Gasteiger partial charge is 0.0366 e. The summed E-state index contributed by atoms with van der Waals surface area (Å²) in [5.74, 6) is 0. The largest absolute Gasteiger partial charge is 0.371 e. The van der Waals surface area contributed by atoms with Gasteiger partial charge in [-0.1, -0.05) is 38.5 Å². The second-order valence-corrected chi connectivity index (χ2v) is 4.92. The van der Waals surface area contributed by atoms with E-state index >= 15 is 0 Å². The van der Waals surface area contributed by atoms with Crippen LogP contribution in [0.2, 0.25) is 0 Å². The molecule has 0 spiro atoms. The lowest BCUT2D eigenvalue weighted by Gasteiger charge is -2.26. The Morgan fingerprint density at radius 1 is 1.11 bits per heavy atom. The maximum Gasteiger partial charge on any atom is 0.0366 e. The van der Waals surface area contributed by atoms with Crippen LogP contribution in [0.3, 0.4) is 0 Å². The van der Waals surface area contributed by atoms with Gasteiger partial charge in [0.15, 0.2) is 0 Å². The van der Waals surface area contributed by atoms with Gasteiger partial charge in [-0.05, 0) is 38.4 Å². The first-order valence-corrected chi connectivity index (χ1v) is 7.31. The van der Waals surface area contributed by atoms with Crippen molar-refractivity contribution in [1.82, 2.24) is 5.32 Å². The molecular weight excluding hydrogens is 220 g/mol. The van der Waals surface area contributed by atoms with Gasteiger partial charge < -0.3 is 10.2 Å². The second kappa shape index (κ2) is 8.98. The van der Waals surface area contributed by atoms with Gasteiger partial charge in [0.1, 0.15) is 0 Å². The molecule has 0 aliphatic heterocycles. The van der Waals surface area contributed by atoms with Crippen molar-refractivity contribution < 1.29 is 0 Å². The van der Waals surface area contributed by atoms with E-state index in [9.17, 15) is 0 Å². The van der Waals surface area contributed by atoms with Crippen LogP contribution in [0.15, 0.2) is 30.3 Å². The van der Waals surface area contributed by atoms with Crippen LogP contribution in [-0.4, -0.2) is 25.7 Å². The number of hydrogen-bond acceptors (Lipinski definition) is 2. The standard InChI is InChI=1S/C16H28N2/c1-4-6-13-18(14-12-15(3)17-5-2)16-10-8-7-9-11-16/h7-11,15,17H,4-6,12-14H2,1-3H3. The van der Waals surface area contributed by atoms with E-state index in [0.717, 1.165) is 13.1 Å². The van der Waals surface area contributed by atoms with Crippen molar-refractivity contribution in [3.63, 3.8) is 0 Å². The van der Waals surface area contributed by atoms with Crippen LogP contribution >= 0.6 is 0 Å². The summed E-state index contributed by atoms with van der Waals surface area (Å²) in [5.41, 5.74) is 1.36. The minimum Gasteiger partial charge on any atom is -0.371 e. The van der Waals surface area contributed by atoms with Crippen molar-refractivity contribution >= 4 is 5.69 Å². The molecule has 0 fully saturated rings. The molecule has 1 atom stereocenters. The molecule has 0 aliphatic rings. The summed E-state index contributed by atoms with van der Waals surface area (Å²) in [7, 11) is 0. The van der Waals surface area contributed by atoms with Gasteiger partial charge in [-0.2, -0.15) is 0 Å². The number of benzene rings is 1. The van der Waals surface area contributed by atoms with E-state index in [1.807, 2.05) is 0 Å². The minimum atomic E-state index is 0.600. The van der Waals surface area contributed by atoms with E-state index in [1.54, 1.807) is 0 Å². The zero-order chi connectivity index (χ0) is 13.2. The predicted octanol–water partition coefficient (Wildman–Crippen LogP) is 3.68. The molecule has 102 valence electrons. The van der Waals surface area contributed by atoms with Crippen LogP contribution in [0.5, 0.6) is 0 Å². The highest BCUT2D eigenvalue weighted by Crippen LogP contribution is 2.15. The first-order valence-electron chi connectivity index (χ1n) is 7.31. The lowest BCUT2D eigenvalue weighted by Crippen LogP contribution is -2.33. The average molecular weight is 248 g/mol. The second-order valence-electron chi connectivity index (χ2n) is 4.92. The van der Waals surface area contributed by atoms with Crippen molar-refractivity contribution in [1.29, 1.82) is 0 Å². The number of hydrogen-bond donors (Lipinski definition) is 1. The van der Waals surface area contributed by atoms with Crippen molar-refractivity contribution in [3.05, 3.63) is 30.3 Å². The fourth-order valence-electron chi connectivity index (χ4n) is 2.16. The van der Waals surface area contributed by atoms with Crippen LogP contribution in [0, 0.1) is 0 Å². The molecule has 0 saturated heterocycles. The molecule has 0 heterocycles. The molecular formula is C16H28N2. The summed E-state index contributed by atoms with van der Waals surface area (Å²) in [6.07, 6.45) is 3.73. The first-order chi connectivity index (χ1) is 8.77. The first kappa shape index (κ1) is 15.0. The Bertz CT molecular complexity index is 297. The Kier molecular flexibility index (Phi) is 7.51. The Hall–Kier alpha value is -1.02. The Morgan fingerprint density at radius 2 is 1.83 bits per heavy atom. The molecule has 1 aromatic carbocycles. The molecule has 0 aromatic heterocycles. The van der Waals surface area contributed by atoms with Gasteiger partial charge in [0, 0.05) is 24.8 Å². The molecule has 2 nitrogen and oxygen atoms in total. The van der Waals surface area contributed by atoms with Crippen molar-refractivity contribution in [2.45, 2.75) is 46.1 Å². The van der Waals surface area contributed by atoms with E-state index in [1.165, 1.54) is 31.5 Å². The Morgan fingerprint density at radius 3 is 2.44 bits per heavy atom. The molecule has 18 heavy (non-hydrogen) atoms. The third kappa shape index (κ3) is 5.54. The molecule has 2 heteroatoms. The van der Waals surface area contributed by atoms with Crippen LogP contribution in [0.4, 0.5) is 5.69 Å². The van der Waals surface area contributed by atoms with Crippen LogP contribution < -0.4 is 10.2 Å². The fraction of sp³-hybridized carbons (Fsp3) is 0.625. The maximum absolute atomic E-state index is 3.48. The van der Waals surface area contributed by atoms with E-state index in [2.05, 4.69) is 61.3 Å². The highest BCUT2D eigenvalue weighted by molar-refractivity contribution is 5.45. The van der Waals surface area contributed by atoms with Gasteiger partial charge in [0.05, 0.1) is 0 Å². The summed E-state index contributed by atoms with van der Waals surface area (Å²) >= 11 is 0. The molecule has 0 radical (unpaired) electrons. The average Bonchev–Trinajstić information content (AvgIpc) is 2.40. The van der Waals surface area contributed by atoms with Gasteiger partial charge in [0.25, 0.3) is 0 Å². The fourth-order valence-corrected chi connectivity index (χ4v) is 2.16. The van der Waals surface area contributed by atoms with Crippen LogP contribution in [0.25, 0.3) is 0 Å². The third-order valence-corrected chi connectivity index (χ3v) is 3.29. The number of rotatable bonds is 9. The van der Waals surface area contributed by atoms with Gasteiger partial charge in [-0.3, -0.25) is 0 Å². The molecule has 1 rings (SSSR count). The maximum atomic E-state index is 3.48. The summed E-state index contributed by atoms with van der Waals surface area (Å²) in [6, 6.07) is 11.4. The summed E-state index contributed by atoms with van der Waals surface area (Å²) in [4.78, 5) is 2.51. The highest BCUT2D eigenvalue weighted by Gasteiger charge is 2.07. The SMILES string of the molecule is CCCCN(CCC(C)NCC)c1ccccc1. The topological polar surface area (TPSA) is 15.3 Å². The highest BCUT2D eigenvalue weighted by atomic mass is 15.1.